The number of aromatic nitrogens is 2. The quantitative estimate of drug-likeness (QED) is 0.208. The Kier molecular flexibility index (Phi) is 5.22. The highest BCUT2D eigenvalue weighted by Crippen LogP contribution is 2.41. The van der Waals surface area contributed by atoms with Crippen LogP contribution in [0.5, 0.6) is 0 Å². The van der Waals surface area contributed by atoms with Gasteiger partial charge in [-0.05, 0) is 77.9 Å². The molecule has 194 valence electrons. The lowest BCUT2D eigenvalue weighted by molar-refractivity contribution is 1.18. The van der Waals surface area contributed by atoms with Crippen molar-refractivity contribution in [3.63, 3.8) is 0 Å². The highest BCUT2D eigenvalue weighted by molar-refractivity contribution is 6.17. The summed E-state index contributed by atoms with van der Waals surface area (Å²) in [4.78, 5) is 3.66. The van der Waals surface area contributed by atoms with E-state index in [0.717, 1.165) is 39.0 Å². The van der Waals surface area contributed by atoms with Crippen LogP contribution in [0.15, 0.2) is 133 Å². The van der Waals surface area contributed by atoms with Crippen molar-refractivity contribution in [2.45, 2.75) is 0 Å². The Morgan fingerprint density at radius 1 is 0.548 bits per heavy atom. The molecule has 0 atom stereocenters. The monoisotopic (exact) mass is 534 g/mol. The van der Waals surface area contributed by atoms with E-state index >= 15 is 0 Å². The molecule has 0 unspecified atom stereocenters. The zero-order valence-corrected chi connectivity index (χ0v) is 22.5. The van der Waals surface area contributed by atoms with Gasteiger partial charge in [0.1, 0.15) is 0 Å². The van der Waals surface area contributed by atoms with Crippen LogP contribution in [0, 0.1) is 17.9 Å². The van der Waals surface area contributed by atoms with E-state index in [1.54, 1.807) is 0 Å². The molecule has 42 heavy (non-hydrogen) atoms. The molecule has 2 heterocycles. The van der Waals surface area contributed by atoms with Gasteiger partial charge in [-0.1, -0.05) is 66.7 Å². The Hall–Kier alpha value is -6.10. The first-order chi connectivity index (χ1) is 20.7. The summed E-state index contributed by atoms with van der Waals surface area (Å²) in [6, 6.07) is 48.0. The molecule has 0 aliphatic carbocycles. The Balaban J connectivity index is 1.40. The Bertz CT molecular complexity index is 2430. The second-order valence-corrected chi connectivity index (χ2v) is 10.4. The summed E-state index contributed by atoms with van der Waals surface area (Å²) in [5.41, 5.74) is 10.1. The lowest BCUT2D eigenvalue weighted by Crippen LogP contribution is -1.94. The van der Waals surface area contributed by atoms with E-state index in [0.29, 0.717) is 11.3 Å². The summed E-state index contributed by atoms with van der Waals surface area (Å²) in [5, 5.41) is 14.1. The van der Waals surface area contributed by atoms with Crippen LogP contribution in [0.25, 0.3) is 71.0 Å². The van der Waals surface area contributed by atoms with Crippen molar-refractivity contribution in [1.82, 2.24) is 9.13 Å². The van der Waals surface area contributed by atoms with E-state index < -0.39 is 0 Å². The number of nitrogens with zero attached hydrogens (tertiary/aromatic N) is 4. The maximum absolute atomic E-state index is 9.33. The van der Waals surface area contributed by atoms with E-state index in [-0.39, 0.29) is 0 Å². The fourth-order valence-electron chi connectivity index (χ4n) is 6.34. The molecule has 4 heteroatoms. The van der Waals surface area contributed by atoms with Gasteiger partial charge < -0.3 is 9.13 Å². The van der Waals surface area contributed by atoms with Crippen LogP contribution in [0.3, 0.4) is 0 Å². The second kappa shape index (κ2) is 9.24. The molecule has 0 aliphatic rings. The first-order valence-electron chi connectivity index (χ1n) is 13.8. The van der Waals surface area contributed by atoms with Crippen LogP contribution >= 0.6 is 0 Å². The third-order valence-corrected chi connectivity index (χ3v) is 8.15. The molecule has 0 radical (unpaired) electrons. The molecule has 0 spiro atoms. The van der Waals surface area contributed by atoms with Gasteiger partial charge in [0.05, 0.1) is 40.3 Å². The number of nitriles is 1. The fraction of sp³-hybridized carbons (Fsp3) is 0. The molecular formula is C38H22N4. The topological polar surface area (TPSA) is 38.0 Å². The Labute approximate surface area is 242 Å². The van der Waals surface area contributed by atoms with E-state index in [9.17, 15) is 5.26 Å². The molecule has 0 N–H and O–H groups in total. The normalized spacial score (nSPS) is 11.3. The standard InChI is InChI=1S/C38H22N4/c1-40-27-8-6-9-29(23-27)42-34-13-4-2-10-31(34)33-22-26(18-21-36(33)42)30-12-7-15-37-38(30)32-11-3-5-14-35(32)41(37)28-19-16-25(24-39)17-20-28/h2-23H. The summed E-state index contributed by atoms with van der Waals surface area (Å²) in [7, 11) is 0. The van der Waals surface area contributed by atoms with E-state index in [4.69, 9.17) is 6.57 Å². The van der Waals surface area contributed by atoms with Crippen molar-refractivity contribution in [3.8, 4) is 28.6 Å². The molecule has 0 amide bonds. The van der Waals surface area contributed by atoms with Crippen LogP contribution in [0.2, 0.25) is 0 Å². The third-order valence-electron chi connectivity index (χ3n) is 8.15. The van der Waals surface area contributed by atoms with Crippen molar-refractivity contribution in [2.24, 2.45) is 0 Å². The molecule has 0 bridgehead atoms. The molecular weight excluding hydrogens is 512 g/mol. The zero-order chi connectivity index (χ0) is 28.2. The fourth-order valence-corrected chi connectivity index (χ4v) is 6.34. The minimum Gasteiger partial charge on any atom is -0.311 e. The highest BCUT2D eigenvalue weighted by atomic mass is 15.0. The molecule has 4 nitrogen and oxygen atoms in total. The van der Waals surface area contributed by atoms with Crippen LogP contribution in [-0.4, -0.2) is 9.13 Å². The number of para-hydroxylation sites is 2. The molecule has 8 rings (SSSR count). The lowest BCUT2D eigenvalue weighted by Gasteiger charge is -2.10. The highest BCUT2D eigenvalue weighted by Gasteiger charge is 2.18. The summed E-state index contributed by atoms with van der Waals surface area (Å²) < 4.78 is 4.53. The van der Waals surface area contributed by atoms with Gasteiger partial charge in [-0.15, -0.1) is 0 Å². The number of rotatable bonds is 3. The van der Waals surface area contributed by atoms with Gasteiger partial charge >= 0.3 is 0 Å². The zero-order valence-electron chi connectivity index (χ0n) is 22.5. The van der Waals surface area contributed by atoms with Crippen molar-refractivity contribution >= 4 is 49.3 Å². The van der Waals surface area contributed by atoms with E-state index in [1.165, 1.54) is 27.1 Å². The summed E-state index contributed by atoms with van der Waals surface area (Å²) in [6.07, 6.45) is 0. The van der Waals surface area contributed by atoms with Gasteiger partial charge in [0, 0.05) is 32.9 Å². The lowest BCUT2D eigenvalue weighted by atomic mass is 9.98. The second-order valence-electron chi connectivity index (χ2n) is 10.4. The van der Waals surface area contributed by atoms with Gasteiger partial charge in [-0.2, -0.15) is 5.26 Å². The van der Waals surface area contributed by atoms with Gasteiger partial charge in [-0.3, -0.25) is 0 Å². The molecule has 2 aromatic heterocycles. The molecule has 8 aromatic rings. The SMILES string of the molecule is [C-]#[N+]c1cccc(-n2c3ccccc3c3cc(-c4cccc5c4c4ccccc4n5-c4ccc(C#N)cc4)ccc32)c1. The van der Waals surface area contributed by atoms with Gasteiger partial charge in [0.2, 0.25) is 0 Å². The minimum atomic E-state index is 0.625. The van der Waals surface area contributed by atoms with Crippen LogP contribution in [0.4, 0.5) is 5.69 Å². The summed E-state index contributed by atoms with van der Waals surface area (Å²) in [6.45, 7) is 7.51. The van der Waals surface area contributed by atoms with Crippen LogP contribution < -0.4 is 0 Å². The maximum Gasteiger partial charge on any atom is 0.189 e. The Morgan fingerprint density at radius 2 is 1.21 bits per heavy atom. The van der Waals surface area contributed by atoms with E-state index in [2.05, 4.69) is 111 Å². The summed E-state index contributed by atoms with van der Waals surface area (Å²) in [5.74, 6) is 0. The number of benzene rings is 6. The van der Waals surface area contributed by atoms with Gasteiger partial charge in [-0.25, -0.2) is 4.85 Å². The largest absolute Gasteiger partial charge is 0.311 e. The average Bonchev–Trinajstić information content (AvgIpc) is 3.57. The van der Waals surface area contributed by atoms with Crippen molar-refractivity contribution in [3.05, 3.63) is 150 Å². The van der Waals surface area contributed by atoms with E-state index in [1.807, 2.05) is 42.5 Å². The first kappa shape index (κ1) is 23.8. The van der Waals surface area contributed by atoms with Crippen LogP contribution in [0.1, 0.15) is 5.56 Å². The molecule has 0 aliphatic heterocycles. The van der Waals surface area contributed by atoms with Crippen molar-refractivity contribution in [2.75, 3.05) is 0 Å². The van der Waals surface area contributed by atoms with Crippen molar-refractivity contribution in [1.29, 1.82) is 5.26 Å². The number of fused-ring (bicyclic) bond motifs is 6. The predicted octanol–water partition coefficient (Wildman–Crippen LogP) is 9.97. The molecule has 6 aromatic carbocycles. The molecule has 0 saturated carbocycles. The summed E-state index contributed by atoms with van der Waals surface area (Å²) >= 11 is 0. The first-order valence-corrected chi connectivity index (χ1v) is 13.8. The average molecular weight is 535 g/mol. The maximum atomic E-state index is 9.33. The number of hydrogen-bond donors (Lipinski definition) is 0. The predicted molar refractivity (Wildman–Crippen MR) is 172 cm³/mol. The smallest absolute Gasteiger partial charge is 0.189 e. The third kappa shape index (κ3) is 3.47. The Morgan fingerprint density at radius 3 is 2.00 bits per heavy atom. The van der Waals surface area contributed by atoms with Crippen LogP contribution in [-0.2, 0) is 0 Å². The molecule has 0 saturated heterocycles. The minimum absolute atomic E-state index is 0.625. The molecule has 0 fully saturated rings. The number of hydrogen-bond acceptors (Lipinski definition) is 1. The van der Waals surface area contributed by atoms with Gasteiger partial charge in [0.15, 0.2) is 5.69 Å². The van der Waals surface area contributed by atoms with Crippen molar-refractivity contribution < 1.29 is 0 Å². The van der Waals surface area contributed by atoms with Gasteiger partial charge in [0.25, 0.3) is 0 Å².